The molecule has 4 bridgehead atoms. The minimum atomic E-state index is -0.366. The van der Waals surface area contributed by atoms with E-state index >= 15 is 0 Å². The summed E-state index contributed by atoms with van der Waals surface area (Å²) >= 11 is 6.79. The van der Waals surface area contributed by atoms with E-state index in [0.29, 0.717) is 17.7 Å². The second-order valence-corrected chi connectivity index (χ2v) is 8.59. The third kappa shape index (κ3) is 2.65. The maximum Gasteiger partial charge on any atom is 0.312 e. The van der Waals surface area contributed by atoms with Crippen molar-refractivity contribution in [3.8, 4) is 0 Å². The summed E-state index contributed by atoms with van der Waals surface area (Å²) in [7, 11) is 0. The number of carbonyl (C=O) groups excluding carboxylic acids is 1. The van der Waals surface area contributed by atoms with Gasteiger partial charge in [0, 0.05) is 11.4 Å². The Morgan fingerprint density at radius 1 is 1.35 bits per heavy atom. The van der Waals surface area contributed by atoms with Crippen LogP contribution in [0, 0.1) is 17.3 Å². The first-order valence-corrected chi connectivity index (χ1v) is 9.01. The first-order valence-electron chi connectivity index (χ1n) is 8.63. The Hall–Kier alpha value is -1.17. The number of hydrogen-bond donors (Lipinski definition) is 0. The van der Waals surface area contributed by atoms with Gasteiger partial charge in [-0.05, 0) is 67.2 Å². The quantitative estimate of drug-likeness (QED) is 0.610. The van der Waals surface area contributed by atoms with E-state index < -0.39 is 0 Å². The van der Waals surface area contributed by atoms with Crippen LogP contribution in [-0.2, 0) is 22.7 Å². The van der Waals surface area contributed by atoms with Crippen LogP contribution < -0.4 is 0 Å². The molecule has 2 atom stereocenters. The van der Waals surface area contributed by atoms with Crippen molar-refractivity contribution >= 4 is 17.6 Å². The fourth-order valence-corrected chi connectivity index (χ4v) is 6.08. The average molecular weight is 339 g/mol. The zero-order valence-corrected chi connectivity index (χ0v) is 14.3. The maximum atomic E-state index is 12.8. The van der Waals surface area contributed by atoms with Crippen LogP contribution in [0.5, 0.6) is 0 Å². The summed E-state index contributed by atoms with van der Waals surface area (Å²) in [6.45, 7) is 2.95. The first-order chi connectivity index (χ1) is 11.0. The molecule has 126 valence electrons. The second kappa shape index (κ2) is 5.43. The highest BCUT2D eigenvalue weighted by Crippen LogP contribution is 2.64. The number of alkyl halides is 1. The summed E-state index contributed by atoms with van der Waals surface area (Å²) in [5.41, 5.74) is -0.366. The zero-order chi connectivity index (χ0) is 16.1. The SMILES string of the molecule is CCCn1nnnc1COC(=O)C12CC3CC(CC(Cl)(C3)C1)C2. The number of esters is 1. The molecule has 4 aliphatic rings. The Balaban J connectivity index is 1.46. The molecule has 23 heavy (non-hydrogen) atoms. The van der Waals surface area contributed by atoms with E-state index in [9.17, 15) is 4.79 Å². The molecule has 0 spiro atoms. The van der Waals surface area contributed by atoms with Crippen LogP contribution in [0.15, 0.2) is 0 Å². The summed E-state index contributed by atoms with van der Waals surface area (Å²) in [6, 6.07) is 0. The van der Waals surface area contributed by atoms with E-state index in [1.807, 2.05) is 0 Å². The lowest BCUT2D eigenvalue weighted by Gasteiger charge is -2.58. The van der Waals surface area contributed by atoms with Crippen LogP contribution in [0.25, 0.3) is 0 Å². The largest absolute Gasteiger partial charge is 0.457 e. The third-order valence-electron chi connectivity index (χ3n) is 5.80. The molecular weight excluding hydrogens is 316 g/mol. The van der Waals surface area contributed by atoms with Gasteiger partial charge in [-0.3, -0.25) is 4.79 Å². The molecule has 5 rings (SSSR count). The second-order valence-electron chi connectivity index (χ2n) is 7.79. The van der Waals surface area contributed by atoms with Crippen molar-refractivity contribution in [1.29, 1.82) is 0 Å². The van der Waals surface area contributed by atoms with Crippen molar-refractivity contribution in [1.82, 2.24) is 20.2 Å². The summed E-state index contributed by atoms with van der Waals surface area (Å²) in [5, 5.41) is 11.6. The van der Waals surface area contributed by atoms with Crippen LogP contribution in [-0.4, -0.2) is 31.1 Å². The lowest BCUT2D eigenvalue weighted by atomic mass is 9.49. The molecule has 0 amide bonds. The number of halogens is 1. The molecule has 0 aromatic carbocycles. The first kappa shape index (κ1) is 15.4. The molecule has 7 heteroatoms. The average Bonchev–Trinajstić information content (AvgIpc) is 2.90. The third-order valence-corrected chi connectivity index (χ3v) is 6.24. The van der Waals surface area contributed by atoms with Gasteiger partial charge < -0.3 is 4.74 Å². The minimum Gasteiger partial charge on any atom is -0.457 e. The molecule has 0 saturated heterocycles. The van der Waals surface area contributed by atoms with Gasteiger partial charge in [0.25, 0.3) is 0 Å². The topological polar surface area (TPSA) is 69.9 Å². The summed E-state index contributed by atoms with van der Waals surface area (Å²) in [6.07, 6.45) is 6.96. The molecule has 4 aliphatic carbocycles. The van der Waals surface area contributed by atoms with Crippen LogP contribution in [0.1, 0.15) is 57.7 Å². The molecule has 1 aromatic heterocycles. The fraction of sp³-hybridized carbons (Fsp3) is 0.875. The normalized spacial score (nSPS) is 38.0. The zero-order valence-electron chi connectivity index (χ0n) is 13.5. The van der Waals surface area contributed by atoms with Crippen LogP contribution in [0.2, 0.25) is 0 Å². The summed E-state index contributed by atoms with van der Waals surface area (Å²) < 4.78 is 7.35. The standard InChI is InChI=1S/C16H23ClN4O2/c1-2-3-21-13(18-19-20-21)9-23-14(22)15-5-11-4-12(6-15)8-16(17,7-11)10-15/h11-12H,2-10H2,1H3. The Labute approximate surface area is 140 Å². The summed E-state index contributed by atoms with van der Waals surface area (Å²) in [5.74, 6) is 1.70. The van der Waals surface area contributed by atoms with Gasteiger partial charge in [0.2, 0.25) is 0 Å². The molecule has 4 saturated carbocycles. The van der Waals surface area contributed by atoms with E-state index in [2.05, 4.69) is 22.4 Å². The van der Waals surface area contributed by atoms with E-state index in [-0.39, 0.29) is 22.9 Å². The van der Waals surface area contributed by atoms with Gasteiger partial charge in [0.05, 0.1) is 5.41 Å². The van der Waals surface area contributed by atoms with Gasteiger partial charge >= 0.3 is 5.97 Å². The van der Waals surface area contributed by atoms with Crippen molar-refractivity contribution < 1.29 is 9.53 Å². The Kier molecular flexibility index (Phi) is 3.63. The van der Waals surface area contributed by atoms with Crippen molar-refractivity contribution in [2.45, 2.75) is 69.9 Å². The predicted molar refractivity (Wildman–Crippen MR) is 83.6 cm³/mol. The fourth-order valence-electron chi connectivity index (χ4n) is 5.38. The van der Waals surface area contributed by atoms with E-state index in [1.165, 1.54) is 6.42 Å². The monoisotopic (exact) mass is 338 g/mol. The number of hydrogen-bond acceptors (Lipinski definition) is 5. The number of ether oxygens (including phenoxy) is 1. The number of rotatable bonds is 5. The molecule has 4 fully saturated rings. The highest BCUT2D eigenvalue weighted by atomic mass is 35.5. The molecule has 6 nitrogen and oxygen atoms in total. The van der Waals surface area contributed by atoms with Crippen molar-refractivity contribution in [2.24, 2.45) is 17.3 Å². The molecule has 1 heterocycles. The van der Waals surface area contributed by atoms with Gasteiger partial charge in [0.1, 0.15) is 0 Å². The van der Waals surface area contributed by atoms with E-state index in [4.69, 9.17) is 16.3 Å². The summed E-state index contributed by atoms with van der Waals surface area (Å²) in [4.78, 5) is 12.7. The Morgan fingerprint density at radius 2 is 2.09 bits per heavy atom. The van der Waals surface area contributed by atoms with Crippen molar-refractivity contribution in [3.05, 3.63) is 5.82 Å². The lowest BCUT2D eigenvalue weighted by molar-refractivity contribution is -0.171. The highest BCUT2D eigenvalue weighted by molar-refractivity contribution is 6.24. The smallest absolute Gasteiger partial charge is 0.312 e. The molecular formula is C16H23ClN4O2. The minimum absolute atomic E-state index is 0.0947. The van der Waals surface area contributed by atoms with Crippen molar-refractivity contribution in [3.63, 3.8) is 0 Å². The van der Waals surface area contributed by atoms with Gasteiger partial charge in [-0.1, -0.05) is 6.92 Å². The number of nitrogens with zero attached hydrogens (tertiary/aromatic N) is 4. The van der Waals surface area contributed by atoms with Crippen LogP contribution in [0.3, 0.4) is 0 Å². The molecule has 1 aromatic rings. The number of aromatic nitrogens is 4. The maximum absolute atomic E-state index is 12.8. The molecule has 0 aliphatic heterocycles. The van der Waals surface area contributed by atoms with Crippen LogP contribution in [0.4, 0.5) is 0 Å². The molecule has 0 radical (unpaired) electrons. The molecule has 2 unspecified atom stereocenters. The number of aryl methyl sites for hydroxylation is 1. The highest BCUT2D eigenvalue weighted by Gasteiger charge is 2.60. The van der Waals surface area contributed by atoms with Crippen LogP contribution >= 0.6 is 11.6 Å². The van der Waals surface area contributed by atoms with Gasteiger partial charge in [-0.2, -0.15) is 0 Å². The molecule has 0 N–H and O–H groups in total. The van der Waals surface area contributed by atoms with Gasteiger partial charge in [-0.25, -0.2) is 4.68 Å². The number of tetrazole rings is 1. The Morgan fingerprint density at radius 3 is 2.74 bits per heavy atom. The number of carbonyl (C=O) groups is 1. The van der Waals surface area contributed by atoms with E-state index in [1.54, 1.807) is 4.68 Å². The van der Waals surface area contributed by atoms with E-state index in [0.717, 1.165) is 45.1 Å². The van der Waals surface area contributed by atoms with Gasteiger partial charge in [0.15, 0.2) is 12.4 Å². The van der Waals surface area contributed by atoms with Crippen molar-refractivity contribution in [2.75, 3.05) is 0 Å². The predicted octanol–water partition coefficient (Wildman–Crippen LogP) is 2.70. The Bertz CT molecular complexity index is 603. The van der Waals surface area contributed by atoms with Gasteiger partial charge in [-0.15, -0.1) is 16.7 Å². The lowest BCUT2D eigenvalue weighted by Crippen LogP contribution is -2.56.